The molecule has 7 heteroatoms. The normalized spacial score (nSPS) is 15.3. The van der Waals surface area contributed by atoms with Gasteiger partial charge >= 0.3 is 0 Å². The summed E-state index contributed by atoms with van der Waals surface area (Å²) in [5, 5.41) is 11.8. The molecule has 0 saturated heterocycles. The van der Waals surface area contributed by atoms with E-state index in [0.29, 0.717) is 23.6 Å². The van der Waals surface area contributed by atoms with Crippen molar-refractivity contribution in [2.75, 3.05) is 6.54 Å². The number of aromatic nitrogens is 1. The van der Waals surface area contributed by atoms with Crippen molar-refractivity contribution >= 4 is 23.3 Å². The highest BCUT2D eigenvalue weighted by atomic mass is 35.5. The number of pyridine rings is 1. The van der Waals surface area contributed by atoms with E-state index in [-0.39, 0.29) is 17.8 Å². The topological polar surface area (TPSA) is 91.8 Å². The molecule has 1 heterocycles. The number of nitrogens with two attached hydrogens (primary N) is 1. The van der Waals surface area contributed by atoms with E-state index in [9.17, 15) is 4.79 Å². The molecule has 1 aromatic rings. The fourth-order valence-electron chi connectivity index (χ4n) is 1.82. The van der Waals surface area contributed by atoms with E-state index in [1.54, 1.807) is 11.0 Å². The van der Waals surface area contributed by atoms with Crippen LogP contribution in [0.1, 0.15) is 29.6 Å². The average molecular weight is 283 g/mol. The van der Waals surface area contributed by atoms with Crippen LogP contribution < -0.4 is 5.73 Å². The molecule has 2 rings (SSSR count). The second-order valence-corrected chi connectivity index (χ2v) is 4.83. The molecular formula is C12H15ClN4O2. The van der Waals surface area contributed by atoms with Gasteiger partial charge in [-0.2, -0.15) is 0 Å². The van der Waals surface area contributed by atoms with Crippen LogP contribution >= 0.6 is 11.6 Å². The molecule has 0 radical (unpaired) electrons. The van der Waals surface area contributed by atoms with Crippen molar-refractivity contribution in [3.8, 4) is 0 Å². The van der Waals surface area contributed by atoms with Crippen LogP contribution in [0.3, 0.4) is 0 Å². The minimum absolute atomic E-state index is 0.110. The fraction of sp³-hybridized carbons (Fsp3) is 0.417. The Bertz CT molecular complexity index is 502. The summed E-state index contributed by atoms with van der Waals surface area (Å²) in [5.41, 5.74) is 5.87. The lowest BCUT2D eigenvalue weighted by atomic mass is 10.2. The first-order valence-electron chi connectivity index (χ1n) is 6.00. The van der Waals surface area contributed by atoms with Crippen LogP contribution in [0.15, 0.2) is 23.6 Å². The quantitative estimate of drug-likeness (QED) is 0.370. The van der Waals surface area contributed by atoms with Gasteiger partial charge in [0.15, 0.2) is 0 Å². The maximum Gasteiger partial charge on any atom is 0.255 e. The van der Waals surface area contributed by atoms with Crippen LogP contribution in [0.2, 0.25) is 5.02 Å². The Morgan fingerprint density at radius 1 is 1.63 bits per heavy atom. The molecule has 102 valence electrons. The number of hydrogen-bond acceptors (Lipinski definition) is 4. The molecule has 1 aromatic heterocycles. The first-order chi connectivity index (χ1) is 9.13. The molecule has 0 aliphatic heterocycles. The summed E-state index contributed by atoms with van der Waals surface area (Å²) >= 11 is 5.98. The van der Waals surface area contributed by atoms with Crippen LogP contribution in [-0.4, -0.2) is 39.4 Å². The monoisotopic (exact) mass is 282 g/mol. The standard InChI is InChI=1S/C12H15ClN4O2/c13-10-7-15-5-3-9(10)12(18)17(8-1-2-8)6-4-11(14)16-19/h3,5,7-8,19H,1-2,4,6H2,(H2,14,16). The third kappa shape index (κ3) is 3.35. The third-order valence-corrected chi connectivity index (χ3v) is 3.29. The Morgan fingerprint density at radius 3 is 2.95 bits per heavy atom. The number of oxime groups is 1. The Balaban J connectivity index is 2.11. The summed E-state index contributed by atoms with van der Waals surface area (Å²) in [6.07, 6.45) is 5.27. The zero-order chi connectivity index (χ0) is 13.8. The maximum absolute atomic E-state index is 12.4. The van der Waals surface area contributed by atoms with Crippen LogP contribution in [-0.2, 0) is 0 Å². The van der Waals surface area contributed by atoms with Gasteiger partial charge in [0, 0.05) is 31.4 Å². The third-order valence-electron chi connectivity index (χ3n) is 2.99. The molecule has 0 bridgehead atoms. The van der Waals surface area contributed by atoms with Crippen molar-refractivity contribution in [3.05, 3.63) is 29.0 Å². The fourth-order valence-corrected chi connectivity index (χ4v) is 2.02. The lowest BCUT2D eigenvalue weighted by molar-refractivity contribution is 0.0747. The Kier molecular flexibility index (Phi) is 4.21. The van der Waals surface area contributed by atoms with Gasteiger partial charge in [-0.15, -0.1) is 0 Å². The second-order valence-electron chi connectivity index (χ2n) is 4.43. The van der Waals surface area contributed by atoms with Gasteiger partial charge in [0.05, 0.1) is 10.6 Å². The summed E-state index contributed by atoms with van der Waals surface area (Å²) in [4.78, 5) is 18.0. The molecule has 1 aliphatic rings. The van der Waals surface area contributed by atoms with Gasteiger partial charge in [0.2, 0.25) is 0 Å². The van der Waals surface area contributed by atoms with Crippen LogP contribution in [0.25, 0.3) is 0 Å². The molecule has 1 aliphatic carbocycles. The average Bonchev–Trinajstić information content (AvgIpc) is 3.23. The SMILES string of the molecule is NC(CCN(C(=O)c1ccncc1Cl)C1CC1)=NO. The highest BCUT2D eigenvalue weighted by molar-refractivity contribution is 6.33. The van der Waals surface area contributed by atoms with E-state index in [2.05, 4.69) is 10.1 Å². The zero-order valence-electron chi connectivity index (χ0n) is 10.3. The van der Waals surface area contributed by atoms with E-state index in [1.165, 1.54) is 12.4 Å². The predicted octanol–water partition coefficient (Wildman–Crippen LogP) is 1.48. The summed E-state index contributed by atoms with van der Waals surface area (Å²) in [6, 6.07) is 1.83. The number of halogens is 1. The van der Waals surface area contributed by atoms with Crippen LogP contribution in [0.4, 0.5) is 0 Å². The molecule has 1 amide bonds. The summed E-state index contributed by atoms with van der Waals surface area (Å²) in [5.74, 6) is -0.0279. The number of amidine groups is 1. The van der Waals surface area contributed by atoms with E-state index >= 15 is 0 Å². The molecule has 3 N–H and O–H groups in total. The second kappa shape index (κ2) is 5.88. The summed E-state index contributed by atoms with van der Waals surface area (Å²) in [6.45, 7) is 0.415. The molecule has 6 nitrogen and oxygen atoms in total. The number of rotatable bonds is 5. The van der Waals surface area contributed by atoms with Crippen molar-refractivity contribution in [2.24, 2.45) is 10.9 Å². The van der Waals surface area contributed by atoms with Gasteiger partial charge in [0.25, 0.3) is 5.91 Å². The van der Waals surface area contributed by atoms with Gasteiger partial charge in [0.1, 0.15) is 5.84 Å². The van der Waals surface area contributed by atoms with Crippen molar-refractivity contribution in [2.45, 2.75) is 25.3 Å². The highest BCUT2D eigenvalue weighted by Gasteiger charge is 2.33. The largest absolute Gasteiger partial charge is 0.409 e. The minimum atomic E-state index is -0.138. The molecule has 1 saturated carbocycles. The number of carbonyl (C=O) groups is 1. The van der Waals surface area contributed by atoms with Gasteiger partial charge < -0.3 is 15.8 Å². The first-order valence-corrected chi connectivity index (χ1v) is 6.38. The molecule has 19 heavy (non-hydrogen) atoms. The molecule has 0 atom stereocenters. The number of hydrogen-bond donors (Lipinski definition) is 2. The van der Waals surface area contributed by atoms with Crippen LogP contribution in [0, 0.1) is 0 Å². The number of amides is 1. The summed E-state index contributed by atoms with van der Waals surface area (Å²) < 4.78 is 0. The number of nitrogens with zero attached hydrogens (tertiary/aromatic N) is 3. The van der Waals surface area contributed by atoms with E-state index in [0.717, 1.165) is 12.8 Å². The number of carbonyl (C=O) groups excluding carboxylic acids is 1. The van der Waals surface area contributed by atoms with Crippen molar-refractivity contribution in [1.82, 2.24) is 9.88 Å². The Morgan fingerprint density at radius 2 is 2.37 bits per heavy atom. The summed E-state index contributed by atoms with van der Waals surface area (Å²) in [7, 11) is 0. The molecule has 0 unspecified atom stereocenters. The van der Waals surface area contributed by atoms with Crippen LogP contribution in [0.5, 0.6) is 0 Å². The zero-order valence-corrected chi connectivity index (χ0v) is 11.0. The molecular weight excluding hydrogens is 268 g/mol. The first kappa shape index (κ1) is 13.6. The van der Waals surface area contributed by atoms with Crippen molar-refractivity contribution in [3.63, 3.8) is 0 Å². The lowest BCUT2D eigenvalue weighted by Gasteiger charge is -2.22. The van der Waals surface area contributed by atoms with Gasteiger partial charge in [-0.3, -0.25) is 9.78 Å². The Labute approximate surface area is 115 Å². The lowest BCUT2D eigenvalue weighted by Crippen LogP contribution is -2.36. The minimum Gasteiger partial charge on any atom is -0.409 e. The molecule has 1 fully saturated rings. The van der Waals surface area contributed by atoms with E-state index in [1.807, 2.05) is 0 Å². The van der Waals surface area contributed by atoms with Crippen molar-refractivity contribution in [1.29, 1.82) is 0 Å². The van der Waals surface area contributed by atoms with E-state index < -0.39 is 0 Å². The smallest absolute Gasteiger partial charge is 0.255 e. The van der Waals surface area contributed by atoms with Gasteiger partial charge in [-0.05, 0) is 18.9 Å². The highest BCUT2D eigenvalue weighted by Crippen LogP contribution is 2.29. The molecule has 0 spiro atoms. The van der Waals surface area contributed by atoms with Gasteiger partial charge in [-0.1, -0.05) is 16.8 Å². The van der Waals surface area contributed by atoms with Crippen molar-refractivity contribution < 1.29 is 10.0 Å². The Hall–Kier alpha value is -1.82. The van der Waals surface area contributed by atoms with E-state index in [4.69, 9.17) is 22.5 Å². The predicted molar refractivity (Wildman–Crippen MR) is 71.3 cm³/mol. The molecule has 0 aromatic carbocycles. The van der Waals surface area contributed by atoms with Gasteiger partial charge in [-0.25, -0.2) is 0 Å². The maximum atomic E-state index is 12.4.